The molecule has 0 saturated carbocycles. The number of ether oxygens (including phenoxy) is 1. The molecule has 2 aromatic rings. The van der Waals surface area contributed by atoms with Crippen LogP contribution in [0.15, 0.2) is 48.5 Å². The molecule has 1 amide bonds. The highest BCUT2D eigenvalue weighted by Gasteiger charge is 2.20. The minimum absolute atomic E-state index is 0.248. The van der Waals surface area contributed by atoms with Crippen LogP contribution in [0.25, 0.3) is 0 Å². The molecule has 0 aromatic heterocycles. The molecule has 0 atom stereocenters. The number of rotatable bonds is 11. The average Bonchev–Trinajstić information content (AvgIpc) is 2.68. The van der Waals surface area contributed by atoms with Crippen LogP contribution >= 0.6 is 11.8 Å². The van der Waals surface area contributed by atoms with Gasteiger partial charge in [0.1, 0.15) is 12.3 Å². The Bertz CT molecular complexity index is 899. The Labute approximate surface area is 177 Å². The highest BCUT2D eigenvalue weighted by Crippen LogP contribution is 2.21. The zero-order valence-corrected chi connectivity index (χ0v) is 18.7. The Morgan fingerprint density at radius 3 is 2.52 bits per heavy atom. The van der Waals surface area contributed by atoms with Crippen LogP contribution in [0.1, 0.15) is 17.5 Å². The zero-order chi connectivity index (χ0) is 21.3. The monoisotopic (exact) mass is 436 g/mol. The van der Waals surface area contributed by atoms with Crippen LogP contribution < -0.4 is 14.4 Å². The summed E-state index contributed by atoms with van der Waals surface area (Å²) in [6.07, 6.45) is 1.91. The first kappa shape index (κ1) is 23.1. The lowest BCUT2D eigenvalue weighted by atomic mass is 10.2. The van der Waals surface area contributed by atoms with Gasteiger partial charge in [-0.2, -0.15) is 11.8 Å². The number of anilines is 1. The van der Waals surface area contributed by atoms with Gasteiger partial charge in [-0.1, -0.05) is 29.8 Å². The molecule has 0 spiro atoms. The van der Waals surface area contributed by atoms with Gasteiger partial charge in [-0.05, 0) is 48.9 Å². The number of nitrogens with zero attached hydrogens (tertiary/aromatic N) is 1. The molecule has 2 rings (SSSR count). The molecule has 6 nitrogen and oxygen atoms in total. The number of amides is 1. The number of sulfonamides is 1. The molecule has 158 valence electrons. The van der Waals surface area contributed by atoms with Crippen molar-refractivity contribution < 1.29 is 17.9 Å². The number of nitrogens with one attached hydrogen (secondary N) is 1. The minimum atomic E-state index is -3.58. The molecular formula is C21H28N2O4S2. The number of benzene rings is 2. The number of aryl methyl sites for hydroxylation is 1. The quantitative estimate of drug-likeness (QED) is 0.548. The summed E-state index contributed by atoms with van der Waals surface area (Å²) in [6, 6.07) is 15.0. The van der Waals surface area contributed by atoms with Gasteiger partial charge in [-0.25, -0.2) is 8.42 Å². The van der Waals surface area contributed by atoms with E-state index in [1.807, 2.05) is 11.8 Å². The summed E-state index contributed by atoms with van der Waals surface area (Å²) < 4.78 is 30.4. The minimum Gasteiger partial charge on any atom is -0.497 e. The topological polar surface area (TPSA) is 75.7 Å². The summed E-state index contributed by atoms with van der Waals surface area (Å²) in [6.45, 7) is 2.34. The summed E-state index contributed by atoms with van der Waals surface area (Å²) in [7, 11) is -2.04. The van der Waals surface area contributed by atoms with Crippen molar-refractivity contribution in [3.63, 3.8) is 0 Å². The van der Waals surface area contributed by atoms with Gasteiger partial charge in [0.2, 0.25) is 15.9 Å². The first-order valence-corrected chi connectivity index (χ1v) is 12.3. The summed E-state index contributed by atoms with van der Waals surface area (Å²) in [4.78, 5) is 12.2. The van der Waals surface area contributed by atoms with Crippen molar-refractivity contribution in [2.24, 2.45) is 0 Å². The maximum Gasteiger partial charge on any atom is 0.240 e. The smallest absolute Gasteiger partial charge is 0.240 e. The largest absolute Gasteiger partial charge is 0.497 e. The van der Waals surface area contributed by atoms with Crippen LogP contribution in [0.4, 0.5) is 5.69 Å². The first-order valence-electron chi connectivity index (χ1n) is 9.31. The normalized spacial score (nSPS) is 11.1. The van der Waals surface area contributed by atoms with Crippen LogP contribution in [-0.4, -0.2) is 46.5 Å². The van der Waals surface area contributed by atoms with Gasteiger partial charge >= 0.3 is 0 Å². The van der Waals surface area contributed by atoms with Gasteiger partial charge in [0, 0.05) is 12.3 Å². The molecule has 0 heterocycles. The fraction of sp³-hybridized carbons (Fsp3) is 0.381. The Kier molecular flexibility index (Phi) is 8.85. The Morgan fingerprint density at radius 2 is 1.90 bits per heavy atom. The molecular weight excluding hydrogens is 408 g/mol. The molecule has 8 heteroatoms. The lowest BCUT2D eigenvalue weighted by Crippen LogP contribution is -2.40. The Hall–Kier alpha value is -2.19. The number of hydrogen-bond donors (Lipinski definition) is 1. The van der Waals surface area contributed by atoms with E-state index in [1.54, 1.807) is 24.3 Å². The lowest BCUT2D eigenvalue weighted by Gasteiger charge is -2.22. The van der Waals surface area contributed by atoms with E-state index < -0.39 is 10.0 Å². The fourth-order valence-electron chi connectivity index (χ4n) is 2.73. The van der Waals surface area contributed by atoms with Crippen molar-refractivity contribution in [3.05, 3.63) is 59.7 Å². The maximum atomic E-state index is 12.2. The maximum absolute atomic E-state index is 12.2. The Balaban J connectivity index is 1.76. The third-order valence-electron chi connectivity index (χ3n) is 4.19. The number of carbonyl (C=O) groups is 1. The van der Waals surface area contributed by atoms with E-state index in [9.17, 15) is 13.2 Å². The van der Waals surface area contributed by atoms with Crippen LogP contribution in [0.5, 0.6) is 5.75 Å². The van der Waals surface area contributed by atoms with E-state index in [-0.39, 0.29) is 12.5 Å². The summed E-state index contributed by atoms with van der Waals surface area (Å²) in [5.41, 5.74) is 2.97. The third-order valence-corrected chi connectivity index (χ3v) is 6.44. The molecule has 0 aliphatic carbocycles. The molecule has 29 heavy (non-hydrogen) atoms. The van der Waals surface area contributed by atoms with E-state index in [0.29, 0.717) is 18.0 Å². The van der Waals surface area contributed by atoms with Crippen molar-refractivity contribution in [3.8, 4) is 5.75 Å². The second-order valence-electron chi connectivity index (χ2n) is 6.71. The highest BCUT2D eigenvalue weighted by molar-refractivity contribution is 7.98. The van der Waals surface area contributed by atoms with Crippen molar-refractivity contribution in [2.45, 2.75) is 19.1 Å². The number of carbonyl (C=O) groups excluding carboxylic acids is 1. The molecule has 2 aromatic carbocycles. The van der Waals surface area contributed by atoms with Crippen LogP contribution in [0.2, 0.25) is 0 Å². The molecule has 0 saturated heterocycles. The standard InChI is InChI=1S/C21H28N2O4S2/c1-17-6-4-7-18(14-17)16-28-13-5-12-22-21(24)15-23(29(3,25)26)19-8-10-20(27-2)11-9-19/h4,6-11,14H,5,12-13,15-16H2,1-3H3,(H,22,24). The van der Waals surface area contributed by atoms with Crippen LogP contribution in [0.3, 0.4) is 0 Å². The van der Waals surface area contributed by atoms with Crippen molar-refractivity contribution in [1.82, 2.24) is 5.32 Å². The van der Waals surface area contributed by atoms with E-state index in [2.05, 4.69) is 36.5 Å². The van der Waals surface area contributed by atoms with Crippen LogP contribution in [0, 0.1) is 6.92 Å². The molecule has 0 unspecified atom stereocenters. The van der Waals surface area contributed by atoms with E-state index in [0.717, 1.165) is 28.5 Å². The van der Waals surface area contributed by atoms with Crippen molar-refractivity contribution in [2.75, 3.05) is 36.5 Å². The summed E-state index contributed by atoms with van der Waals surface area (Å²) in [5.74, 6) is 2.15. The van der Waals surface area contributed by atoms with Crippen LogP contribution in [-0.2, 0) is 20.6 Å². The predicted octanol–water partition coefficient (Wildman–Crippen LogP) is 3.21. The van der Waals surface area contributed by atoms with Crippen molar-refractivity contribution in [1.29, 1.82) is 0 Å². The van der Waals surface area contributed by atoms with Gasteiger partial charge in [0.25, 0.3) is 0 Å². The number of methoxy groups -OCH3 is 1. The number of hydrogen-bond acceptors (Lipinski definition) is 5. The van der Waals surface area contributed by atoms with Gasteiger partial charge in [0.05, 0.1) is 19.1 Å². The van der Waals surface area contributed by atoms with E-state index in [1.165, 1.54) is 18.2 Å². The first-order chi connectivity index (χ1) is 13.8. The van der Waals surface area contributed by atoms with Gasteiger partial charge in [0.15, 0.2) is 0 Å². The van der Waals surface area contributed by atoms with E-state index in [4.69, 9.17) is 4.74 Å². The molecule has 1 N–H and O–H groups in total. The van der Waals surface area contributed by atoms with Crippen molar-refractivity contribution >= 4 is 33.4 Å². The highest BCUT2D eigenvalue weighted by atomic mass is 32.2. The Morgan fingerprint density at radius 1 is 1.17 bits per heavy atom. The van der Waals surface area contributed by atoms with Gasteiger partial charge in [-0.3, -0.25) is 9.10 Å². The van der Waals surface area contributed by atoms with E-state index >= 15 is 0 Å². The second-order valence-corrected chi connectivity index (χ2v) is 9.72. The average molecular weight is 437 g/mol. The molecule has 0 bridgehead atoms. The van der Waals surface area contributed by atoms with Gasteiger partial charge < -0.3 is 10.1 Å². The molecule has 0 aliphatic heterocycles. The predicted molar refractivity (Wildman–Crippen MR) is 120 cm³/mol. The third kappa shape index (κ3) is 7.98. The summed E-state index contributed by atoms with van der Waals surface area (Å²) >= 11 is 1.82. The molecule has 0 radical (unpaired) electrons. The molecule has 0 fully saturated rings. The fourth-order valence-corrected chi connectivity index (χ4v) is 4.49. The van der Waals surface area contributed by atoms with Gasteiger partial charge in [-0.15, -0.1) is 0 Å². The summed E-state index contributed by atoms with van der Waals surface area (Å²) in [5, 5.41) is 2.80. The SMILES string of the molecule is COc1ccc(N(CC(=O)NCCCSCc2cccc(C)c2)S(C)(=O)=O)cc1. The number of thioether (sulfide) groups is 1. The second kappa shape index (κ2) is 11.1. The molecule has 0 aliphatic rings. The zero-order valence-electron chi connectivity index (χ0n) is 17.1. The lowest BCUT2D eigenvalue weighted by molar-refractivity contribution is -0.119.